The number of hydrogen-bond donors (Lipinski definition) is 2. The van der Waals surface area contributed by atoms with E-state index in [1.165, 1.54) is 0 Å². The van der Waals surface area contributed by atoms with Gasteiger partial charge in [0.2, 0.25) is 5.91 Å². The van der Waals surface area contributed by atoms with Crippen LogP contribution in [0.1, 0.15) is 56.6 Å². The first-order valence-corrected chi connectivity index (χ1v) is 12.4. The van der Waals surface area contributed by atoms with Gasteiger partial charge in [-0.1, -0.05) is 62.6 Å². The third-order valence-electron chi connectivity index (χ3n) is 7.30. The van der Waals surface area contributed by atoms with Gasteiger partial charge in [-0.3, -0.25) is 14.5 Å². The first kappa shape index (κ1) is 23.2. The van der Waals surface area contributed by atoms with Crippen LogP contribution in [0.4, 0.5) is 4.79 Å². The number of ether oxygens (including phenoxy) is 2. The van der Waals surface area contributed by atoms with Gasteiger partial charge in [-0.25, -0.2) is 4.79 Å². The summed E-state index contributed by atoms with van der Waals surface area (Å²) in [6, 6.07) is 14.5. The van der Waals surface area contributed by atoms with Crippen LogP contribution in [0.5, 0.6) is 11.5 Å². The lowest BCUT2D eigenvalue weighted by atomic mass is 9.85. The molecule has 0 radical (unpaired) electrons. The molecule has 0 bridgehead atoms. The van der Waals surface area contributed by atoms with Crippen molar-refractivity contribution < 1.29 is 23.9 Å². The number of amides is 4. The van der Waals surface area contributed by atoms with Crippen LogP contribution in [0.15, 0.2) is 48.5 Å². The van der Waals surface area contributed by atoms with Crippen LogP contribution < -0.4 is 20.1 Å². The van der Waals surface area contributed by atoms with E-state index in [9.17, 15) is 14.4 Å². The van der Waals surface area contributed by atoms with E-state index in [-0.39, 0.29) is 18.4 Å². The molecule has 8 heteroatoms. The average molecular weight is 478 g/mol. The minimum Gasteiger partial charge on any atom is -0.486 e. The van der Waals surface area contributed by atoms with E-state index in [2.05, 4.69) is 10.6 Å². The Hall–Kier alpha value is -3.55. The van der Waals surface area contributed by atoms with Gasteiger partial charge in [-0.05, 0) is 42.5 Å². The summed E-state index contributed by atoms with van der Waals surface area (Å²) in [6.07, 6.45) is 4.68. The summed E-state index contributed by atoms with van der Waals surface area (Å²) < 4.78 is 11.4. The Bertz CT molecular complexity index is 1130. The monoisotopic (exact) mass is 477 g/mol. The van der Waals surface area contributed by atoms with Crippen molar-refractivity contribution in [1.82, 2.24) is 15.5 Å². The number of fused-ring (bicyclic) bond motifs is 1. The standard InChI is InChI=1S/C27H31N3O5/c1-2-12-27(19-8-4-3-5-9-19)24(32)30(25(33)29-27)18-23(31)28-26(13-6-7-14-26)20-10-11-21-22(17-20)35-16-15-34-21/h3-5,8-11,17H,2,6-7,12-16,18H2,1H3,(H,28,31)(H,29,33). The van der Waals surface area contributed by atoms with Gasteiger partial charge in [0.05, 0.1) is 5.54 Å². The van der Waals surface area contributed by atoms with Gasteiger partial charge in [-0.15, -0.1) is 0 Å². The zero-order valence-electron chi connectivity index (χ0n) is 20.0. The first-order chi connectivity index (χ1) is 17.0. The van der Waals surface area contributed by atoms with Crippen LogP contribution in [-0.2, 0) is 20.7 Å². The number of benzene rings is 2. The highest BCUT2D eigenvalue weighted by molar-refractivity contribution is 6.09. The fraction of sp³-hybridized carbons (Fsp3) is 0.444. The maximum Gasteiger partial charge on any atom is 0.325 e. The molecule has 5 rings (SSSR count). The number of rotatable bonds is 7. The Morgan fingerprint density at radius 3 is 2.43 bits per heavy atom. The molecule has 0 aromatic heterocycles. The molecule has 2 aromatic rings. The summed E-state index contributed by atoms with van der Waals surface area (Å²) in [4.78, 5) is 40.8. The van der Waals surface area contributed by atoms with Crippen molar-refractivity contribution in [3.05, 3.63) is 59.7 Å². The lowest BCUT2D eigenvalue weighted by Crippen LogP contribution is -2.49. The van der Waals surface area contributed by atoms with Gasteiger partial charge >= 0.3 is 6.03 Å². The molecule has 8 nitrogen and oxygen atoms in total. The number of urea groups is 1. The summed E-state index contributed by atoms with van der Waals surface area (Å²) in [6.45, 7) is 2.65. The molecule has 184 valence electrons. The first-order valence-electron chi connectivity index (χ1n) is 12.4. The second-order valence-electron chi connectivity index (χ2n) is 9.54. The summed E-state index contributed by atoms with van der Waals surface area (Å²) in [5, 5.41) is 6.06. The molecule has 0 spiro atoms. The second-order valence-corrected chi connectivity index (χ2v) is 9.54. The Kier molecular flexibility index (Phi) is 6.13. The third kappa shape index (κ3) is 4.11. The third-order valence-corrected chi connectivity index (χ3v) is 7.30. The molecule has 2 aromatic carbocycles. The molecular formula is C27H31N3O5. The lowest BCUT2D eigenvalue weighted by molar-refractivity contribution is -0.136. The van der Waals surface area contributed by atoms with Crippen LogP contribution in [0.3, 0.4) is 0 Å². The molecule has 2 aliphatic heterocycles. The van der Waals surface area contributed by atoms with Crippen molar-refractivity contribution in [3.8, 4) is 11.5 Å². The molecule has 1 aliphatic carbocycles. The molecule has 2 fully saturated rings. The Balaban J connectivity index is 1.36. The summed E-state index contributed by atoms with van der Waals surface area (Å²) in [5.41, 5.74) is -0.0264. The fourth-order valence-electron chi connectivity index (χ4n) is 5.63. The number of carbonyl (C=O) groups is 3. The van der Waals surface area contributed by atoms with E-state index in [0.717, 1.165) is 41.7 Å². The summed E-state index contributed by atoms with van der Waals surface area (Å²) in [7, 11) is 0. The molecule has 4 amide bonds. The van der Waals surface area contributed by atoms with Crippen molar-refractivity contribution in [2.45, 2.75) is 56.5 Å². The largest absolute Gasteiger partial charge is 0.486 e. The molecule has 35 heavy (non-hydrogen) atoms. The zero-order chi connectivity index (χ0) is 24.5. The van der Waals surface area contributed by atoms with Crippen LogP contribution in [-0.4, -0.2) is 42.5 Å². The predicted molar refractivity (Wildman–Crippen MR) is 129 cm³/mol. The molecule has 1 unspecified atom stereocenters. The number of nitrogens with one attached hydrogen (secondary N) is 2. The molecule has 3 aliphatic rings. The molecule has 1 atom stereocenters. The highest BCUT2D eigenvalue weighted by atomic mass is 16.6. The molecule has 1 saturated carbocycles. The highest BCUT2D eigenvalue weighted by Gasteiger charge is 2.52. The van der Waals surface area contributed by atoms with Gasteiger partial charge in [0, 0.05) is 0 Å². The highest BCUT2D eigenvalue weighted by Crippen LogP contribution is 2.42. The smallest absolute Gasteiger partial charge is 0.325 e. The number of nitrogens with zero attached hydrogens (tertiary/aromatic N) is 1. The molecule has 2 heterocycles. The number of carbonyl (C=O) groups excluding carboxylic acids is 3. The minimum absolute atomic E-state index is 0.324. The van der Waals surface area contributed by atoms with Crippen molar-refractivity contribution >= 4 is 17.8 Å². The maximum absolute atomic E-state index is 13.5. The zero-order valence-corrected chi connectivity index (χ0v) is 20.0. The van der Waals surface area contributed by atoms with Crippen molar-refractivity contribution in [2.75, 3.05) is 19.8 Å². The van der Waals surface area contributed by atoms with Crippen LogP contribution >= 0.6 is 0 Å². The van der Waals surface area contributed by atoms with Crippen molar-refractivity contribution in [3.63, 3.8) is 0 Å². The SMILES string of the molecule is CCCC1(c2ccccc2)NC(=O)N(CC(=O)NC2(c3ccc4c(c3)OCCO4)CCCC2)C1=O. The van der Waals surface area contributed by atoms with E-state index in [4.69, 9.17) is 9.47 Å². The van der Waals surface area contributed by atoms with Crippen LogP contribution in [0, 0.1) is 0 Å². The van der Waals surface area contributed by atoms with Gasteiger partial charge in [0.1, 0.15) is 25.3 Å². The van der Waals surface area contributed by atoms with E-state index in [1.54, 1.807) is 0 Å². The van der Waals surface area contributed by atoms with Gasteiger partial charge in [0.25, 0.3) is 5.91 Å². The van der Waals surface area contributed by atoms with Crippen LogP contribution in [0.25, 0.3) is 0 Å². The molecule has 1 saturated heterocycles. The second kappa shape index (κ2) is 9.24. The minimum atomic E-state index is -1.14. The van der Waals surface area contributed by atoms with Crippen molar-refractivity contribution in [1.29, 1.82) is 0 Å². The van der Waals surface area contributed by atoms with E-state index >= 15 is 0 Å². The topological polar surface area (TPSA) is 97.0 Å². The summed E-state index contributed by atoms with van der Waals surface area (Å²) in [5.74, 6) is 0.638. The van der Waals surface area contributed by atoms with Gasteiger partial charge in [-0.2, -0.15) is 0 Å². The number of hydrogen-bond acceptors (Lipinski definition) is 5. The lowest BCUT2D eigenvalue weighted by Gasteiger charge is -2.33. The van der Waals surface area contributed by atoms with Gasteiger partial charge in [0.15, 0.2) is 11.5 Å². The predicted octanol–water partition coefficient (Wildman–Crippen LogP) is 3.59. The molecule has 2 N–H and O–H groups in total. The Morgan fingerprint density at radius 2 is 1.71 bits per heavy atom. The quantitative estimate of drug-likeness (QED) is 0.594. The fourth-order valence-corrected chi connectivity index (χ4v) is 5.63. The Morgan fingerprint density at radius 1 is 1.00 bits per heavy atom. The average Bonchev–Trinajstić information content (AvgIpc) is 3.44. The van der Waals surface area contributed by atoms with E-state index in [1.807, 2.05) is 55.5 Å². The Labute approximate surface area is 205 Å². The summed E-state index contributed by atoms with van der Waals surface area (Å²) >= 11 is 0. The maximum atomic E-state index is 13.5. The van der Waals surface area contributed by atoms with E-state index < -0.39 is 17.1 Å². The van der Waals surface area contributed by atoms with Crippen molar-refractivity contribution in [2.24, 2.45) is 0 Å². The normalized spacial score (nSPS) is 22.7. The molecular weight excluding hydrogens is 446 g/mol. The van der Waals surface area contributed by atoms with Crippen LogP contribution in [0.2, 0.25) is 0 Å². The number of imide groups is 1. The van der Waals surface area contributed by atoms with Gasteiger partial charge < -0.3 is 20.1 Å². The van der Waals surface area contributed by atoms with E-state index in [0.29, 0.717) is 37.6 Å².